The summed E-state index contributed by atoms with van der Waals surface area (Å²) in [5, 5.41) is 1.30. The van der Waals surface area contributed by atoms with Crippen molar-refractivity contribution >= 4 is 23.2 Å². The molecule has 0 bridgehead atoms. The molecule has 0 aromatic heterocycles. The lowest BCUT2D eigenvalue weighted by molar-refractivity contribution is 0.309. The Kier molecular flexibility index (Phi) is 3.55. The SMILES string of the molecule is CN1CCCC1Cc1ccc(Cl)c(Cl)c1. The van der Waals surface area contributed by atoms with E-state index in [1.807, 2.05) is 12.1 Å². The normalized spacial score (nSPS) is 22.2. The minimum atomic E-state index is 0.639. The average Bonchev–Trinajstić information content (AvgIpc) is 2.59. The second-order valence-corrected chi connectivity index (χ2v) is 5.04. The number of rotatable bonds is 2. The average molecular weight is 244 g/mol. The van der Waals surface area contributed by atoms with E-state index in [-0.39, 0.29) is 0 Å². The lowest BCUT2D eigenvalue weighted by Crippen LogP contribution is -2.26. The first kappa shape index (κ1) is 11.3. The summed E-state index contributed by atoms with van der Waals surface area (Å²) in [6.07, 6.45) is 3.67. The van der Waals surface area contributed by atoms with Gasteiger partial charge in [-0.15, -0.1) is 0 Å². The van der Waals surface area contributed by atoms with Crippen molar-refractivity contribution in [3.05, 3.63) is 33.8 Å². The first-order valence-corrected chi connectivity index (χ1v) is 6.06. The smallest absolute Gasteiger partial charge is 0.0595 e. The van der Waals surface area contributed by atoms with Gasteiger partial charge in [-0.05, 0) is 50.6 Å². The van der Waals surface area contributed by atoms with Crippen LogP contribution < -0.4 is 0 Å². The second kappa shape index (κ2) is 4.73. The minimum Gasteiger partial charge on any atom is -0.303 e. The van der Waals surface area contributed by atoms with Gasteiger partial charge in [0.25, 0.3) is 0 Å². The summed E-state index contributed by atoms with van der Waals surface area (Å²) in [4.78, 5) is 2.42. The number of likely N-dealkylation sites (N-methyl/N-ethyl adjacent to an activating group) is 1. The molecule has 0 spiro atoms. The Labute approximate surface area is 101 Å². The van der Waals surface area contributed by atoms with Gasteiger partial charge in [-0.3, -0.25) is 0 Å². The third kappa shape index (κ3) is 2.66. The fraction of sp³-hybridized carbons (Fsp3) is 0.500. The van der Waals surface area contributed by atoms with Gasteiger partial charge < -0.3 is 4.90 Å². The Morgan fingerprint density at radius 3 is 2.73 bits per heavy atom. The zero-order valence-corrected chi connectivity index (χ0v) is 10.4. The molecule has 1 atom stereocenters. The number of nitrogens with zero attached hydrogens (tertiary/aromatic N) is 1. The number of hydrogen-bond donors (Lipinski definition) is 0. The van der Waals surface area contributed by atoms with Gasteiger partial charge in [-0.2, -0.15) is 0 Å². The highest BCUT2D eigenvalue weighted by Crippen LogP contribution is 2.25. The van der Waals surface area contributed by atoms with Crippen molar-refractivity contribution in [2.75, 3.05) is 13.6 Å². The molecule has 82 valence electrons. The summed E-state index contributed by atoms with van der Waals surface area (Å²) < 4.78 is 0. The largest absolute Gasteiger partial charge is 0.303 e. The molecule has 0 radical (unpaired) electrons. The highest BCUT2D eigenvalue weighted by molar-refractivity contribution is 6.42. The Morgan fingerprint density at radius 2 is 2.13 bits per heavy atom. The van der Waals surface area contributed by atoms with Crippen molar-refractivity contribution in [1.29, 1.82) is 0 Å². The standard InChI is InChI=1S/C12H15Cl2N/c1-15-6-2-3-10(15)7-9-4-5-11(13)12(14)8-9/h4-5,8,10H,2-3,6-7H2,1H3. The van der Waals surface area contributed by atoms with Crippen LogP contribution in [0.25, 0.3) is 0 Å². The van der Waals surface area contributed by atoms with Crippen molar-refractivity contribution in [2.24, 2.45) is 0 Å². The summed E-state index contributed by atoms with van der Waals surface area (Å²) in [7, 11) is 2.19. The van der Waals surface area contributed by atoms with Crippen LogP contribution in [0.2, 0.25) is 10.0 Å². The molecule has 1 aromatic rings. The fourth-order valence-corrected chi connectivity index (χ4v) is 2.50. The molecular formula is C12H15Cl2N. The van der Waals surface area contributed by atoms with Crippen LogP contribution in [0.4, 0.5) is 0 Å². The van der Waals surface area contributed by atoms with Crippen molar-refractivity contribution in [3.8, 4) is 0 Å². The Balaban J connectivity index is 2.07. The maximum Gasteiger partial charge on any atom is 0.0595 e. The van der Waals surface area contributed by atoms with Crippen LogP contribution in [0.5, 0.6) is 0 Å². The molecule has 0 saturated carbocycles. The third-order valence-electron chi connectivity index (χ3n) is 3.13. The van der Waals surface area contributed by atoms with E-state index in [0.717, 1.165) is 6.42 Å². The topological polar surface area (TPSA) is 3.24 Å². The molecule has 1 aromatic carbocycles. The van der Waals surface area contributed by atoms with Crippen molar-refractivity contribution in [2.45, 2.75) is 25.3 Å². The van der Waals surface area contributed by atoms with Gasteiger partial charge in [-0.1, -0.05) is 29.3 Å². The Bertz CT molecular complexity index is 351. The summed E-state index contributed by atoms with van der Waals surface area (Å²) in [6.45, 7) is 1.21. The quantitative estimate of drug-likeness (QED) is 0.767. The molecule has 1 unspecified atom stereocenters. The molecule has 1 heterocycles. The summed E-state index contributed by atoms with van der Waals surface area (Å²) in [5.41, 5.74) is 1.28. The van der Waals surface area contributed by atoms with Crippen molar-refractivity contribution < 1.29 is 0 Å². The molecular weight excluding hydrogens is 229 g/mol. The first-order valence-electron chi connectivity index (χ1n) is 5.31. The monoisotopic (exact) mass is 243 g/mol. The van der Waals surface area contributed by atoms with E-state index in [2.05, 4.69) is 18.0 Å². The van der Waals surface area contributed by atoms with Gasteiger partial charge in [0.1, 0.15) is 0 Å². The molecule has 15 heavy (non-hydrogen) atoms. The molecule has 0 amide bonds. The lowest BCUT2D eigenvalue weighted by atomic mass is 10.0. The molecule has 1 fully saturated rings. The minimum absolute atomic E-state index is 0.639. The van der Waals surface area contributed by atoms with Crippen LogP contribution in [0.1, 0.15) is 18.4 Å². The van der Waals surface area contributed by atoms with E-state index in [1.54, 1.807) is 0 Å². The molecule has 1 aliphatic heterocycles. The number of hydrogen-bond acceptors (Lipinski definition) is 1. The third-order valence-corrected chi connectivity index (χ3v) is 3.87. The van der Waals surface area contributed by atoms with Crippen LogP contribution in [0.3, 0.4) is 0 Å². The van der Waals surface area contributed by atoms with Gasteiger partial charge in [0.2, 0.25) is 0 Å². The van der Waals surface area contributed by atoms with E-state index in [4.69, 9.17) is 23.2 Å². The van der Waals surface area contributed by atoms with E-state index in [1.165, 1.54) is 24.9 Å². The van der Waals surface area contributed by atoms with Crippen LogP contribution >= 0.6 is 23.2 Å². The van der Waals surface area contributed by atoms with Gasteiger partial charge in [0, 0.05) is 6.04 Å². The first-order chi connectivity index (χ1) is 7.16. The predicted octanol–water partition coefficient (Wildman–Crippen LogP) is 3.63. The van der Waals surface area contributed by atoms with E-state index >= 15 is 0 Å². The lowest BCUT2D eigenvalue weighted by Gasteiger charge is -2.19. The van der Waals surface area contributed by atoms with Gasteiger partial charge in [0.15, 0.2) is 0 Å². The summed E-state index contributed by atoms with van der Waals surface area (Å²) in [6, 6.07) is 6.60. The second-order valence-electron chi connectivity index (χ2n) is 4.23. The molecule has 1 nitrogen and oxygen atoms in total. The maximum absolute atomic E-state index is 5.99. The molecule has 0 aliphatic carbocycles. The fourth-order valence-electron chi connectivity index (χ4n) is 2.18. The number of halogens is 2. The molecule has 1 aliphatic rings. The van der Waals surface area contributed by atoms with Crippen LogP contribution in [0, 0.1) is 0 Å². The zero-order valence-electron chi connectivity index (χ0n) is 8.84. The van der Waals surface area contributed by atoms with Crippen LogP contribution in [-0.2, 0) is 6.42 Å². The summed E-state index contributed by atoms with van der Waals surface area (Å²) in [5.74, 6) is 0. The van der Waals surface area contributed by atoms with Crippen LogP contribution in [0.15, 0.2) is 18.2 Å². The number of benzene rings is 1. The predicted molar refractivity (Wildman–Crippen MR) is 65.8 cm³/mol. The molecule has 0 N–H and O–H groups in total. The molecule has 3 heteroatoms. The van der Waals surface area contributed by atoms with Gasteiger partial charge >= 0.3 is 0 Å². The molecule has 2 rings (SSSR count). The maximum atomic E-state index is 5.99. The van der Waals surface area contributed by atoms with Crippen molar-refractivity contribution in [1.82, 2.24) is 4.90 Å². The van der Waals surface area contributed by atoms with E-state index in [0.29, 0.717) is 16.1 Å². The Morgan fingerprint density at radius 1 is 1.33 bits per heavy atom. The molecule has 1 saturated heterocycles. The highest BCUT2D eigenvalue weighted by atomic mass is 35.5. The van der Waals surface area contributed by atoms with E-state index in [9.17, 15) is 0 Å². The Hall–Kier alpha value is -0.240. The van der Waals surface area contributed by atoms with Gasteiger partial charge in [-0.25, -0.2) is 0 Å². The zero-order chi connectivity index (χ0) is 10.8. The summed E-state index contributed by atoms with van der Waals surface area (Å²) >= 11 is 11.9. The highest BCUT2D eigenvalue weighted by Gasteiger charge is 2.20. The van der Waals surface area contributed by atoms with E-state index < -0.39 is 0 Å². The number of likely N-dealkylation sites (tertiary alicyclic amines) is 1. The van der Waals surface area contributed by atoms with Gasteiger partial charge in [0.05, 0.1) is 10.0 Å². The van der Waals surface area contributed by atoms with Crippen LogP contribution in [-0.4, -0.2) is 24.5 Å². The van der Waals surface area contributed by atoms with Crippen molar-refractivity contribution in [3.63, 3.8) is 0 Å².